The number of nitrogens with one attached hydrogen (secondary N) is 1. The van der Waals surface area contributed by atoms with E-state index in [-0.39, 0.29) is 11.9 Å². The summed E-state index contributed by atoms with van der Waals surface area (Å²) in [6, 6.07) is 2.10. The molecule has 0 unspecified atom stereocenters. The van der Waals surface area contributed by atoms with Crippen LogP contribution in [0.15, 0.2) is 24.7 Å². The van der Waals surface area contributed by atoms with Crippen LogP contribution in [-0.4, -0.2) is 36.3 Å². The van der Waals surface area contributed by atoms with Gasteiger partial charge in [0.15, 0.2) is 5.65 Å². The molecule has 7 nitrogen and oxygen atoms in total. The molecule has 29 heavy (non-hydrogen) atoms. The second-order valence-corrected chi connectivity index (χ2v) is 8.68. The number of rotatable bonds is 5. The first-order chi connectivity index (χ1) is 14.1. The van der Waals surface area contributed by atoms with Gasteiger partial charge in [-0.25, -0.2) is 9.50 Å². The van der Waals surface area contributed by atoms with Gasteiger partial charge < -0.3 is 5.32 Å². The van der Waals surface area contributed by atoms with Crippen molar-refractivity contribution in [1.29, 1.82) is 0 Å². The van der Waals surface area contributed by atoms with E-state index in [1.54, 1.807) is 16.9 Å². The van der Waals surface area contributed by atoms with Crippen molar-refractivity contribution in [2.75, 3.05) is 0 Å². The third kappa shape index (κ3) is 2.94. The number of hydrogen-bond acceptors (Lipinski definition) is 4. The SMILES string of the molecule is CCn1ncc(-c2ccnc3c(C(=O)N[C@@H](C)[C@H]4C[C@H]5CC[C@H]4C5)cnn23)c1C. The third-order valence-electron chi connectivity index (χ3n) is 7.12. The maximum Gasteiger partial charge on any atom is 0.256 e. The van der Waals surface area contributed by atoms with Gasteiger partial charge in [-0.2, -0.15) is 10.2 Å². The first kappa shape index (κ1) is 18.3. The molecule has 0 aromatic carbocycles. The predicted octanol–water partition coefficient (Wildman–Crippen LogP) is 3.48. The van der Waals surface area contributed by atoms with E-state index in [2.05, 4.69) is 34.3 Å². The highest BCUT2D eigenvalue weighted by Crippen LogP contribution is 2.49. The number of nitrogens with zero attached hydrogens (tertiary/aromatic N) is 5. The molecule has 1 N–H and O–H groups in total. The molecule has 3 heterocycles. The zero-order valence-electron chi connectivity index (χ0n) is 17.3. The molecular weight excluding hydrogens is 364 g/mol. The molecule has 1 amide bonds. The highest BCUT2D eigenvalue weighted by molar-refractivity contribution is 6.00. The van der Waals surface area contributed by atoms with Crippen LogP contribution in [0.2, 0.25) is 0 Å². The van der Waals surface area contributed by atoms with Crippen LogP contribution in [0.3, 0.4) is 0 Å². The summed E-state index contributed by atoms with van der Waals surface area (Å²) in [7, 11) is 0. The summed E-state index contributed by atoms with van der Waals surface area (Å²) >= 11 is 0. The van der Waals surface area contributed by atoms with E-state index >= 15 is 0 Å². The molecule has 2 saturated carbocycles. The van der Waals surface area contributed by atoms with E-state index in [4.69, 9.17) is 0 Å². The molecule has 0 spiro atoms. The van der Waals surface area contributed by atoms with Gasteiger partial charge in [0.2, 0.25) is 0 Å². The Kier molecular flexibility index (Phi) is 4.41. The lowest BCUT2D eigenvalue weighted by atomic mass is 9.84. The molecule has 5 rings (SSSR count). The van der Waals surface area contributed by atoms with Crippen LogP contribution >= 0.6 is 0 Å². The molecule has 2 bridgehead atoms. The van der Waals surface area contributed by atoms with Gasteiger partial charge in [0, 0.05) is 30.0 Å². The fourth-order valence-corrected chi connectivity index (χ4v) is 5.57. The van der Waals surface area contributed by atoms with Crippen molar-refractivity contribution >= 4 is 11.6 Å². The van der Waals surface area contributed by atoms with Crippen molar-refractivity contribution in [2.45, 2.75) is 59.0 Å². The van der Waals surface area contributed by atoms with Crippen LogP contribution < -0.4 is 5.32 Å². The van der Waals surface area contributed by atoms with Crippen LogP contribution in [0, 0.1) is 24.7 Å². The molecule has 3 aromatic rings. The summed E-state index contributed by atoms with van der Waals surface area (Å²) in [6.07, 6.45) is 10.5. The highest BCUT2D eigenvalue weighted by Gasteiger charge is 2.42. The first-order valence-corrected chi connectivity index (χ1v) is 10.7. The number of carbonyl (C=O) groups excluding carboxylic acids is 1. The molecule has 7 heteroatoms. The number of amides is 1. The van der Waals surface area contributed by atoms with E-state index < -0.39 is 0 Å². The van der Waals surface area contributed by atoms with Crippen LogP contribution in [0.25, 0.3) is 16.9 Å². The molecule has 4 atom stereocenters. The monoisotopic (exact) mass is 392 g/mol. The van der Waals surface area contributed by atoms with Gasteiger partial charge in [-0.3, -0.25) is 9.48 Å². The average Bonchev–Trinajstić information content (AvgIpc) is 3.50. The van der Waals surface area contributed by atoms with Gasteiger partial charge in [0.25, 0.3) is 5.91 Å². The van der Waals surface area contributed by atoms with E-state index in [1.165, 1.54) is 25.7 Å². The Labute approximate surface area is 170 Å². The summed E-state index contributed by atoms with van der Waals surface area (Å²) in [4.78, 5) is 17.5. The summed E-state index contributed by atoms with van der Waals surface area (Å²) in [5.74, 6) is 2.17. The number of fused-ring (bicyclic) bond motifs is 3. The molecule has 3 aromatic heterocycles. The Bertz CT molecular complexity index is 1070. The van der Waals surface area contributed by atoms with Crippen LogP contribution in [-0.2, 0) is 6.54 Å². The maximum atomic E-state index is 13.0. The fraction of sp³-hybridized carbons (Fsp3) is 0.545. The topological polar surface area (TPSA) is 77.1 Å². The minimum absolute atomic E-state index is 0.0825. The summed E-state index contributed by atoms with van der Waals surface area (Å²) in [5, 5.41) is 12.2. The van der Waals surface area contributed by atoms with Gasteiger partial charge in [0.1, 0.15) is 5.56 Å². The fourth-order valence-electron chi connectivity index (χ4n) is 5.57. The molecule has 0 saturated heterocycles. The molecule has 0 aliphatic heterocycles. The zero-order valence-corrected chi connectivity index (χ0v) is 17.3. The molecule has 2 aliphatic rings. The minimum atomic E-state index is -0.0825. The van der Waals surface area contributed by atoms with Crippen molar-refractivity contribution in [2.24, 2.45) is 17.8 Å². The Morgan fingerprint density at radius 3 is 2.83 bits per heavy atom. The third-order valence-corrected chi connectivity index (χ3v) is 7.12. The molecule has 2 aliphatic carbocycles. The van der Waals surface area contributed by atoms with Crippen LogP contribution in [0.4, 0.5) is 0 Å². The number of aryl methyl sites for hydroxylation is 1. The van der Waals surface area contributed by atoms with Gasteiger partial charge in [-0.15, -0.1) is 0 Å². The van der Waals surface area contributed by atoms with Gasteiger partial charge in [-0.1, -0.05) is 6.42 Å². The van der Waals surface area contributed by atoms with Gasteiger partial charge in [0.05, 0.1) is 18.1 Å². The minimum Gasteiger partial charge on any atom is -0.349 e. The predicted molar refractivity (Wildman–Crippen MR) is 110 cm³/mol. The van der Waals surface area contributed by atoms with Crippen molar-refractivity contribution in [3.63, 3.8) is 0 Å². The van der Waals surface area contributed by atoms with Crippen LogP contribution in [0.5, 0.6) is 0 Å². The second-order valence-electron chi connectivity index (χ2n) is 8.68. The van der Waals surface area contributed by atoms with Crippen LogP contribution in [0.1, 0.15) is 55.6 Å². The van der Waals surface area contributed by atoms with Gasteiger partial charge >= 0.3 is 0 Å². The number of hydrogen-bond donors (Lipinski definition) is 1. The number of carbonyl (C=O) groups is 1. The summed E-state index contributed by atoms with van der Waals surface area (Å²) in [5.41, 5.74) is 4.09. The van der Waals surface area contributed by atoms with Crippen molar-refractivity contribution < 1.29 is 4.79 Å². The molecular formula is C22H28N6O. The van der Waals surface area contributed by atoms with E-state index in [0.717, 1.165) is 35.3 Å². The zero-order chi connectivity index (χ0) is 20.1. The maximum absolute atomic E-state index is 13.0. The first-order valence-electron chi connectivity index (χ1n) is 10.7. The Morgan fingerprint density at radius 2 is 2.14 bits per heavy atom. The summed E-state index contributed by atoms with van der Waals surface area (Å²) < 4.78 is 3.71. The molecule has 152 valence electrons. The Balaban J connectivity index is 1.42. The lowest BCUT2D eigenvalue weighted by molar-refractivity contribution is 0.0917. The summed E-state index contributed by atoms with van der Waals surface area (Å²) in [6.45, 7) is 7.08. The highest BCUT2D eigenvalue weighted by atomic mass is 16.1. The second kappa shape index (κ2) is 6.97. The average molecular weight is 393 g/mol. The Morgan fingerprint density at radius 1 is 1.28 bits per heavy atom. The Hall–Kier alpha value is -2.70. The smallest absolute Gasteiger partial charge is 0.256 e. The molecule has 2 fully saturated rings. The van der Waals surface area contributed by atoms with Crippen molar-refractivity contribution in [1.82, 2.24) is 29.7 Å². The normalized spacial score (nSPS) is 24.3. The van der Waals surface area contributed by atoms with E-state index in [9.17, 15) is 4.79 Å². The van der Waals surface area contributed by atoms with Crippen molar-refractivity contribution in [3.05, 3.63) is 35.9 Å². The molecule has 0 radical (unpaired) electrons. The lowest BCUT2D eigenvalue weighted by Gasteiger charge is -2.28. The largest absolute Gasteiger partial charge is 0.349 e. The van der Waals surface area contributed by atoms with E-state index in [0.29, 0.717) is 17.1 Å². The quantitative estimate of drug-likeness (QED) is 0.721. The number of aromatic nitrogens is 5. The van der Waals surface area contributed by atoms with Gasteiger partial charge in [-0.05, 0) is 63.9 Å². The van der Waals surface area contributed by atoms with Crippen molar-refractivity contribution in [3.8, 4) is 11.3 Å². The lowest BCUT2D eigenvalue weighted by Crippen LogP contribution is -2.40. The van der Waals surface area contributed by atoms with E-state index in [1.807, 2.05) is 23.9 Å². The standard InChI is InChI=1S/C22H28N6O/c1-4-27-14(3)18(11-24-27)20-7-8-23-21-19(12-25-28(20)21)22(29)26-13(2)17-10-15-5-6-16(17)9-15/h7-8,11-13,15-17H,4-6,9-10H2,1-3H3,(H,26,29)/t13-,15-,16-,17+/m0/s1.